The van der Waals surface area contributed by atoms with Gasteiger partial charge >= 0.3 is 0 Å². The lowest BCUT2D eigenvalue weighted by molar-refractivity contribution is -0.122. The summed E-state index contributed by atoms with van der Waals surface area (Å²) >= 11 is 0. The topological polar surface area (TPSA) is 48.0 Å². The molecule has 0 aromatic heterocycles. The van der Waals surface area contributed by atoms with Crippen LogP contribution in [0.4, 0.5) is 4.39 Å². The van der Waals surface area contributed by atoms with Crippen LogP contribution in [0.15, 0.2) is 48.2 Å². The van der Waals surface area contributed by atoms with Gasteiger partial charge in [-0.15, -0.1) is 0 Å². The van der Waals surface area contributed by atoms with E-state index >= 15 is 0 Å². The number of likely N-dealkylation sites (N-methyl/N-ethyl adjacent to an activating group) is 1. The van der Waals surface area contributed by atoms with Gasteiger partial charge in [0.1, 0.15) is 12.4 Å². The van der Waals surface area contributed by atoms with Crippen LogP contribution in [0.2, 0.25) is 0 Å². The molecule has 32 heavy (non-hydrogen) atoms. The molecule has 5 rings (SSSR count). The number of carbonyl (C=O) groups excluding carboxylic acids is 1. The molecule has 1 fully saturated rings. The van der Waals surface area contributed by atoms with Gasteiger partial charge in [-0.25, -0.2) is 4.39 Å². The summed E-state index contributed by atoms with van der Waals surface area (Å²) < 4.78 is 31.2. The fourth-order valence-corrected chi connectivity index (χ4v) is 5.93. The number of benzene rings is 2. The van der Waals surface area contributed by atoms with Crippen molar-refractivity contribution in [3.63, 3.8) is 0 Å². The minimum Gasteiger partial charge on any atom is -0.493 e. The molecular weight excluding hydrogens is 409 g/mol. The largest absolute Gasteiger partial charge is 0.493 e. The molecule has 2 bridgehead atoms. The normalized spacial score (nSPS) is 26.6. The monoisotopic (exact) mass is 437 g/mol. The first kappa shape index (κ1) is 21.0. The van der Waals surface area contributed by atoms with E-state index < -0.39 is 0 Å². The Morgan fingerprint density at radius 2 is 2.03 bits per heavy atom. The van der Waals surface area contributed by atoms with Crippen LogP contribution in [-0.4, -0.2) is 44.5 Å². The molecule has 0 unspecified atom stereocenters. The number of fused-ring (bicyclic) bond motifs is 1. The zero-order valence-corrected chi connectivity index (χ0v) is 18.7. The molecule has 5 nitrogen and oxygen atoms in total. The number of methoxy groups -OCH3 is 2. The van der Waals surface area contributed by atoms with E-state index in [0.717, 1.165) is 30.5 Å². The third-order valence-electron chi connectivity index (χ3n) is 7.46. The highest BCUT2D eigenvalue weighted by molar-refractivity contribution is 5.96. The van der Waals surface area contributed by atoms with Gasteiger partial charge in [-0.1, -0.05) is 18.2 Å². The molecule has 0 amide bonds. The Bertz CT molecular complexity index is 1100. The van der Waals surface area contributed by atoms with Crippen LogP contribution in [0.5, 0.6) is 11.5 Å². The first-order valence-electron chi connectivity index (χ1n) is 11.0. The number of carbonyl (C=O) groups is 1. The smallest absolute Gasteiger partial charge is 0.197 e. The molecule has 2 aromatic carbocycles. The molecule has 3 aliphatic rings. The molecule has 168 valence electrons. The van der Waals surface area contributed by atoms with Crippen molar-refractivity contribution < 1.29 is 23.4 Å². The zero-order valence-electron chi connectivity index (χ0n) is 18.7. The number of nitrogens with zero attached hydrogens (tertiary/aromatic N) is 1. The van der Waals surface area contributed by atoms with Gasteiger partial charge in [0.25, 0.3) is 0 Å². The Labute approximate surface area is 187 Å². The van der Waals surface area contributed by atoms with E-state index in [1.807, 2.05) is 18.2 Å². The quantitative estimate of drug-likeness (QED) is 0.707. The minimum absolute atomic E-state index is 0.0267. The standard InChI is InChI=1S/C26H28FNO4/c1-28-10-9-26-14-21(29)23(31-3)13-19(26)20(28)12-17-7-8-22(30-2)25(24(17)26)32-15-16-5-4-6-18(27)11-16/h4-8,11,13,19-20H,9-10,12,14-15H2,1-3H3/t19-,20+,26-/m1/s1. The number of rotatable bonds is 5. The van der Waals surface area contributed by atoms with Gasteiger partial charge in [0.2, 0.25) is 0 Å². The predicted molar refractivity (Wildman–Crippen MR) is 118 cm³/mol. The summed E-state index contributed by atoms with van der Waals surface area (Å²) in [6.07, 6.45) is 4.13. The average molecular weight is 438 g/mol. The van der Waals surface area contributed by atoms with Crippen LogP contribution >= 0.6 is 0 Å². The number of hydrogen-bond acceptors (Lipinski definition) is 5. The number of halogens is 1. The lowest BCUT2D eigenvalue weighted by Gasteiger charge is -2.56. The summed E-state index contributed by atoms with van der Waals surface area (Å²) in [4.78, 5) is 15.4. The highest BCUT2D eigenvalue weighted by Gasteiger charge is 2.56. The van der Waals surface area contributed by atoms with Gasteiger partial charge in [-0.05, 0) is 61.8 Å². The SMILES string of the molecule is COC1=C[C@@H]2[C@@H]3Cc4ccc(OC)c(OCc5cccc(F)c5)c4[C@]2(CCN3C)CC1=O. The number of allylic oxidation sites excluding steroid dienone is 1. The number of ketones is 1. The van der Waals surface area contributed by atoms with Crippen molar-refractivity contribution in [1.29, 1.82) is 0 Å². The second-order valence-corrected chi connectivity index (χ2v) is 9.07. The molecule has 1 aliphatic heterocycles. The van der Waals surface area contributed by atoms with Crippen LogP contribution < -0.4 is 9.47 Å². The van der Waals surface area contributed by atoms with Gasteiger partial charge in [0, 0.05) is 29.4 Å². The number of Topliss-reactive ketones (excluding diaryl/α,β-unsaturated/α-hetero) is 1. The first-order chi connectivity index (χ1) is 15.5. The Balaban J connectivity index is 1.64. The fourth-order valence-electron chi connectivity index (χ4n) is 5.93. The van der Waals surface area contributed by atoms with Crippen molar-refractivity contribution in [1.82, 2.24) is 4.90 Å². The molecule has 1 heterocycles. The third kappa shape index (κ3) is 3.20. The van der Waals surface area contributed by atoms with Gasteiger partial charge < -0.3 is 19.1 Å². The minimum atomic E-state index is -0.365. The maximum atomic E-state index is 13.7. The van der Waals surface area contributed by atoms with Gasteiger partial charge in [0.15, 0.2) is 23.0 Å². The van der Waals surface area contributed by atoms with Crippen molar-refractivity contribution in [2.45, 2.75) is 37.3 Å². The Morgan fingerprint density at radius 3 is 2.78 bits per heavy atom. The second-order valence-electron chi connectivity index (χ2n) is 9.07. The lowest BCUT2D eigenvalue weighted by atomic mass is 9.53. The van der Waals surface area contributed by atoms with Gasteiger partial charge in [-0.2, -0.15) is 0 Å². The molecule has 2 aromatic rings. The van der Waals surface area contributed by atoms with Gasteiger partial charge in [-0.3, -0.25) is 4.79 Å². The number of piperidine rings is 1. The molecule has 0 N–H and O–H groups in total. The van der Waals surface area contributed by atoms with E-state index in [-0.39, 0.29) is 29.5 Å². The second kappa shape index (κ2) is 7.93. The Hall–Kier alpha value is -2.86. The summed E-state index contributed by atoms with van der Waals surface area (Å²) in [5, 5.41) is 0. The maximum absolute atomic E-state index is 13.7. The number of likely N-dealkylation sites (tertiary alicyclic amines) is 1. The Kier molecular flexibility index (Phi) is 5.20. The molecule has 3 atom stereocenters. The fraction of sp³-hybridized carbons (Fsp3) is 0.423. The van der Waals surface area contributed by atoms with Crippen LogP contribution in [-0.2, 0) is 28.0 Å². The van der Waals surface area contributed by atoms with E-state index in [2.05, 4.69) is 18.0 Å². The third-order valence-corrected chi connectivity index (χ3v) is 7.46. The lowest BCUT2D eigenvalue weighted by Crippen LogP contribution is -2.60. The average Bonchev–Trinajstić information content (AvgIpc) is 2.79. The van der Waals surface area contributed by atoms with Crippen LogP contribution in [0, 0.1) is 11.7 Å². The van der Waals surface area contributed by atoms with Crippen molar-refractivity contribution >= 4 is 5.78 Å². The molecule has 0 saturated carbocycles. The predicted octanol–water partition coefficient (Wildman–Crippen LogP) is 4.03. The van der Waals surface area contributed by atoms with Crippen molar-refractivity contribution in [2.75, 3.05) is 27.8 Å². The van der Waals surface area contributed by atoms with Crippen molar-refractivity contribution in [3.05, 3.63) is 70.7 Å². The summed E-state index contributed by atoms with van der Waals surface area (Å²) in [7, 11) is 5.34. The Morgan fingerprint density at radius 1 is 1.19 bits per heavy atom. The number of ether oxygens (including phenoxy) is 3. The van der Waals surface area contributed by atoms with Crippen molar-refractivity contribution in [3.8, 4) is 11.5 Å². The van der Waals surface area contributed by atoms with E-state index in [4.69, 9.17) is 14.2 Å². The summed E-state index contributed by atoms with van der Waals surface area (Å²) in [5.74, 6) is 1.65. The molecule has 1 saturated heterocycles. The number of hydrogen-bond donors (Lipinski definition) is 0. The van der Waals surface area contributed by atoms with E-state index in [1.165, 1.54) is 17.7 Å². The molecule has 0 radical (unpaired) electrons. The first-order valence-corrected chi connectivity index (χ1v) is 11.0. The highest BCUT2D eigenvalue weighted by Crippen LogP contribution is 2.58. The van der Waals surface area contributed by atoms with E-state index in [9.17, 15) is 9.18 Å². The van der Waals surface area contributed by atoms with E-state index in [1.54, 1.807) is 20.3 Å². The summed E-state index contributed by atoms with van der Waals surface area (Å²) in [5.41, 5.74) is 2.64. The molecule has 0 spiro atoms. The molecule has 6 heteroatoms. The van der Waals surface area contributed by atoms with Crippen molar-refractivity contribution in [2.24, 2.45) is 5.92 Å². The van der Waals surface area contributed by atoms with Crippen LogP contribution in [0.3, 0.4) is 0 Å². The summed E-state index contributed by atoms with van der Waals surface area (Å²) in [6, 6.07) is 10.8. The highest BCUT2D eigenvalue weighted by atomic mass is 19.1. The van der Waals surface area contributed by atoms with Gasteiger partial charge in [0.05, 0.1) is 14.2 Å². The molecule has 2 aliphatic carbocycles. The maximum Gasteiger partial charge on any atom is 0.197 e. The van der Waals surface area contributed by atoms with E-state index in [0.29, 0.717) is 29.7 Å². The zero-order chi connectivity index (χ0) is 22.5. The van der Waals surface area contributed by atoms with Crippen LogP contribution in [0.1, 0.15) is 29.5 Å². The van der Waals surface area contributed by atoms with Crippen LogP contribution in [0.25, 0.3) is 0 Å². The summed E-state index contributed by atoms with van der Waals surface area (Å²) in [6.45, 7) is 1.13. The molecular formula is C26H28FNO4.